The number of likely N-dealkylation sites (tertiary alicyclic amines) is 1. The van der Waals surface area contributed by atoms with Gasteiger partial charge in [0.1, 0.15) is 11.4 Å². The third kappa shape index (κ3) is 4.43. The highest BCUT2D eigenvalue weighted by molar-refractivity contribution is 5.94. The predicted molar refractivity (Wildman–Crippen MR) is 130 cm³/mol. The minimum absolute atomic E-state index is 0.0475. The lowest BCUT2D eigenvalue weighted by Crippen LogP contribution is -2.68. The van der Waals surface area contributed by atoms with Gasteiger partial charge in [-0.05, 0) is 80.8 Å². The van der Waals surface area contributed by atoms with Crippen LogP contribution >= 0.6 is 0 Å². The fourth-order valence-corrected chi connectivity index (χ4v) is 6.29. The molecule has 6 nitrogen and oxygen atoms in total. The van der Waals surface area contributed by atoms with E-state index in [1.54, 1.807) is 6.07 Å². The van der Waals surface area contributed by atoms with Crippen LogP contribution in [0.4, 0.5) is 0 Å². The van der Waals surface area contributed by atoms with E-state index in [9.17, 15) is 14.7 Å². The van der Waals surface area contributed by atoms with Crippen LogP contribution in [-0.2, 0) is 14.9 Å². The molecule has 3 fully saturated rings. The van der Waals surface area contributed by atoms with Crippen LogP contribution in [0.1, 0.15) is 61.4 Å². The number of ether oxygens (including phenoxy) is 1. The number of carbonyl (C=O) groups excluding carboxylic acids is 2. The van der Waals surface area contributed by atoms with E-state index in [0.29, 0.717) is 24.9 Å². The van der Waals surface area contributed by atoms with E-state index >= 15 is 0 Å². The summed E-state index contributed by atoms with van der Waals surface area (Å²) in [5, 5.41) is 13.6. The minimum Gasteiger partial charge on any atom is -0.508 e. The van der Waals surface area contributed by atoms with Crippen molar-refractivity contribution >= 4 is 11.9 Å². The van der Waals surface area contributed by atoms with Gasteiger partial charge in [0.15, 0.2) is 0 Å². The molecule has 0 aromatic heterocycles. The van der Waals surface area contributed by atoms with Crippen LogP contribution in [0.2, 0.25) is 0 Å². The van der Waals surface area contributed by atoms with E-state index in [1.165, 1.54) is 19.8 Å². The molecule has 0 spiro atoms. The van der Waals surface area contributed by atoms with E-state index in [1.807, 2.05) is 48.5 Å². The second kappa shape index (κ2) is 9.06. The molecule has 3 aliphatic rings. The highest BCUT2D eigenvalue weighted by Crippen LogP contribution is 2.54. The SMILES string of the molecule is CC(=O)OC12CCC(NC(=O)c3ccccc3)CC1(c1cccc(O)c1)CCN(CC1CC1)C2. The number of carbonyl (C=O) groups is 2. The van der Waals surface area contributed by atoms with Gasteiger partial charge in [-0.3, -0.25) is 14.5 Å². The Morgan fingerprint density at radius 2 is 1.88 bits per heavy atom. The van der Waals surface area contributed by atoms with E-state index < -0.39 is 11.0 Å². The number of aromatic hydroxyl groups is 1. The van der Waals surface area contributed by atoms with Crippen molar-refractivity contribution < 1.29 is 19.4 Å². The van der Waals surface area contributed by atoms with Crippen molar-refractivity contribution in [2.45, 2.75) is 62.5 Å². The second-order valence-corrected chi connectivity index (χ2v) is 10.4. The summed E-state index contributed by atoms with van der Waals surface area (Å²) in [6, 6.07) is 16.6. The molecule has 6 heteroatoms. The molecular weight excluding hydrogens is 428 g/mol. The fraction of sp³-hybridized carbons (Fsp3) is 0.500. The third-order valence-electron chi connectivity index (χ3n) is 8.02. The van der Waals surface area contributed by atoms with Crippen LogP contribution in [0, 0.1) is 5.92 Å². The largest absolute Gasteiger partial charge is 0.508 e. The van der Waals surface area contributed by atoms with Gasteiger partial charge in [-0.2, -0.15) is 0 Å². The van der Waals surface area contributed by atoms with Crippen LogP contribution in [0.25, 0.3) is 0 Å². The molecule has 2 saturated carbocycles. The topological polar surface area (TPSA) is 78.9 Å². The van der Waals surface area contributed by atoms with Gasteiger partial charge < -0.3 is 15.2 Å². The Morgan fingerprint density at radius 1 is 1.09 bits per heavy atom. The number of esters is 1. The number of fused-ring (bicyclic) bond motifs is 1. The number of amides is 1. The summed E-state index contributed by atoms with van der Waals surface area (Å²) < 4.78 is 6.28. The monoisotopic (exact) mass is 462 g/mol. The first kappa shape index (κ1) is 22.9. The standard InChI is InChI=1S/C28H34N2O4/c1-20(31)34-28-13-12-24(29-26(33)22-6-3-2-4-7-22)17-27(28,23-8-5-9-25(32)16-23)14-15-30(19-28)18-21-10-11-21/h2-9,16,21,24,32H,10-15,17-19H2,1H3,(H,29,33). The summed E-state index contributed by atoms with van der Waals surface area (Å²) in [5.41, 5.74) is 0.460. The van der Waals surface area contributed by atoms with Crippen molar-refractivity contribution in [1.29, 1.82) is 0 Å². The summed E-state index contributed by atoms with van der Waals surface area (Å²) in [7, 11) is 0. The average molecular weight is 463 g/mol. The number of phenols is 1. The molecule has 1 saturated heterocycles. The smallest absolute Gasteiger partial charge is 0.303 e. The van der Waals surface area contributed by atoms with Crippen molar-refractivity contribution in [3.63, 3.8) is 0 Å². The van der Waals surface area contributed by atoms with E-state index in [-0.39, 0.29) is 23.7 Å². The number of hydrogen-bond acceptors (Lipinski definition) is 5. The van der Waals surface area contributed by atoms with Crippen LogP contribution < -0.4 is 5.32 Å². The lowest BCUT2D eigenvalue weighted by molar-refractivity contribution is -0.186. The quantitative estimate of drug-likeness (QED) is 0.634. The molecule has 1 heterocycles. The molecule has 1 aliphatic heterocycles. The predicted octanol–water partition coefficient (Wildman–Crippen LogP) is 4.03. The van der Waals surface area contributed by atoms with Crippen molar-refractivity contribution in [3.8, 4) is 5.75 Å². The van der Waals surface area contributed by atoms with E-state index in [2.05, 4.69) is 10.2 Å². The Bertz CT molecular complexity index is 1050. The zero-order chi connectivity index (χ0) is 23.8. The number of nitrogens with zero attached hydrogens (tertiary/aromatic N) is 1. The summed E-state index contributed by atoms with van der Waals surface area (Å²) >= 11 is 0. The van der Waals surface area contributed by atoms with Gasteiger partial charge in [0, 0.05) is 37.0 Å². The molecule has 2 aliphatic carbocycles. The maximum absolute atomic E-state index is 13.0. The molecule has 2 aromatic rings. The molecule has 5 rings (SSSR count). The molecule has 2 N–H and O–H groups in total. The van der Waals surface area contributed by atoms with Crippen LogP contribution in [-0.4, -0.2) is 53.2 Å². The number of piperidine rings is 1. The molecular formula is C28H34N2O4. The van der Waals surface area contributed by atoms with Crippen LogP contribution in [0.3, 0.4) is 0 Å². The van der Waals surface area contributed by atoms with Gasteiger partial charge in [0.05, 0.1) is 0 Å². The lowest BCUT2D eigenvalue weighted by Gasteiger charge is -2.59. The Hall–Kier alpha value is -2.86. The Labute approximate surface area is 201 Å². The number of rotatable bonds is 6. The van der Waals surface area contributed by atoms with Gasteiger partial charge in [0.25, 0.3) is 5.91 Å². The summed E-state index contributed by atoms with van der Waals surface area (Å²) in [5.74, 6) is 0.607. The Balaban J connectivity index is 1.49. The molecule has 0 radical (unpaired) electrons. The lowest BCUT2D eigenvalue weighted by atomic mass is 9.55. The van der Waals surface area contributed by atoms with E-state index in [4.69, 9.17) is 4.74 Å². The first-order valence-corrected chi connectivity index (χ1v) is 12.5. The maximum atomic E-state index is 13.0. The first-order chi connectivity index (χ1) is 16.4. The van der Waals surface area contributed by atoms with Crippen molar-refractivity contribution in [1.82, 2.24) is 10.2 Å². The summed E-state index contributed by atoms with van der Waals surface area (Å²) in [6.07, 6.45) is 5.45. The number of hydrogen-bond donors (Lipinski definition) is 2. The molecule has 0 bridgehead atoms. The Morgan fingerprint density at radius 3 is 2.59 bits per heavy atom. The number of benzene rings is 2. The molecule has 1 amide bonds. The first-order valence-electron chi connectivity index (χ1n) is 12.5. The number of nitrogens with one attached hydrogen (secondary N) is 1. The average Bonchev–Trinajstić information content (AvgIpc) is 3.63. The zero-order valence-electron chi connectivity index (χ0n) is 19.8. The highest BCUT2D eigenvalue weighted by atomic mass is 16.6. The maximum Gasteiger partial charge on any atom is 0.303 e. The highest BCUT2D eigenvalue weighted by Gasteiger charge is 2.61. The van der Waals surface area contributed by atoms with Gasteiger partial charge in [-0.25, -0.2) is 0 Å². The van der Waals surface area contributed by atoms with Crippen LogP contribution in [0.15, 0.2) is 54.6 Å². The third-order valence-corrected chi connectivity index (χ3v) is 8.02. The molecule has 3 atom stereocenters. The normalized spacial score (nSPS) is 29.1. The molecule has 180 valence electrons. The van der Waals surface area contributed by atoms with Gasteiger partial charge >= 0.3 is 5.97 Å². The zero-order valence-corrected chi connectivity index (χ0v) is 19.8. The molecule has 34 heavy (non-hydrogen) atoms. The Kier molecular flexibility index (Phi) is 6.11. The summed E-state index contributed by atoms with van der Waals surface area (Å²) in [4.78, 5) is 27.9. The van der Waals surface area contributed by atoms with Crippen LogP contribution in [0.5, 0.6) is 5.75 Å². The van der Waals surface area contributed by atoms with Crippen molar-refractivity contribution in [2.75, 3.05) is 19.6 Å². The van der Waals surface area contributed by atoms with Gasteiger partial charge in [-0.15, -0.1) is 0 Å². The van der Waals surface area contributed by atoms with Gasteiger partial charge in [0.2, 0.25) is 0 Å². The minimum atomic E-state index is -0.687. The molecule has 3 unspecified atom stereocenters. The van der Waals surface area contributed by atoms with Gasteiger partial charge in [-0.1, -0.05) is 30.3 Å². The summed E-state index contributed by atoms with van der Waals surface area (Å²) in [6.45, 7) is 4.14. The van der Waals surface area contributed by atoms with Crippen molar-refractivity contribution in [2.24, 2.45) is 5.92 Å². The van der Waals surface area contributed by atoms with E-state index in [0.717, 1.165) is 37.4 Å². The fourth-order valence-electron chi connectivity index (χ4n) is 6.29. The molecule has 2 aromatic carbocycles. The number of phenolic OH excluding ortho intramolecular Hbond substituents is 1. The van der Waals surface area contributed by atoms with Crippen molar-refractivity contribution in [3.05, 3.63) is 65.7 Å². The second-order valence-electron chi connectivity index (χ2n) is 10.4.